The normalized spacial score (nSPS) is 27.7. The SMILES string of the molecule is NC1CC2CCCC(C1)C2NC(=O)c1ccc(-c2ccccn2)[nH]c1=O. The van der Waals surface area contributed by atoms with Crippen molar-refractivity contribution in [3.63, 3.8) is 0 Å². The minimum Gasteiger partial charge on any atom is -0.349 e. The molecule has 2 saturated carbocycles. The molecule has 2 aromatic heterocycles. The third kappa shape index (κ3) is 3.29. The average molecular weight is 352 g/mol. The number of amides is 1. The van der Waals surface area contributed by atoms with E-state index in [1.165, 1.54) is 6.42 Å². The van der Waals surface area contributed by atoms with E-state index in [1.54, 1.807) is 18.3 Å². The van der Waals surface area contributed by atoms with Gasteiger partial charge in [-0.05, 0) is 61.8 Å². The Hall–Kier alpha value is -2.47. The molecule has 2 bridgehead atoms. The second-order valence-corrected chi connectivity index (χ2v) is 7.51. The first kappa shape index (κ1) is 17.0. The summed E-state index contributed by atoms with van der Waals surface area (Å²) in [4.78, 5) is 32.1. The van der Waals surface area contributed by atoms with E-state index in [-0.39, 0.29) is 29.1 Å². The lowest BCUT2D eigenvalue weighted by molar-refractivity contribution is 0.0754. The highest BCUT2D eigenvalue weighted by Gasteiger charge is 2.40. The van der Waals surface area contributed by atoms with Crippen LogP contribution in [0.25, 0.3) is 11.4 Å². The van der Waals surface area contributed by atoms with E-state index in [4.69, 9.17) is 5.73 Å². The summed E-state index contributed by atoms with van der Waals surface area (Å²) in [5.41, 5.74) is 7.19. The number of aromatic amines is 1. The minimum atomic E-state index is -0.386. The number of pyridine rings is 2. The van der Waals surface area contributed by atoms with Gasteiger partial charge in [-0.2, -0.15) is 0 Å². The maximum absolute atomic E-state index is 12.7. The molecule has 2 aliphatic rings. The molecule has 4 rings (SSSR count). The molecule has 0 spiro atoms. The first-order valence-electron chi connectivity index (χ1n) is 9.33. The molecule has 6 nitrogen and oxygen atoms in total. The number of hydrogen-bond donors (Lipinski definition) is 3. The molecule has 4 N–H and O–H groups in total. The highest BCUT2D eigenvalue weighted by molar-refractivity contribution is 5.94. The van der Waals surface area contributed by atoms with Crippen LogP contribution in [0.5, 0.6) is 0 Å². The Bertz CT molecular complexity index is 834. The van der Waals surface area contributed by atoms with E-state index < -0.39 is 0 Å². The number of fused-ring (bicyclic) bond motifs is 2. The summed E-state index contributed by atoms with van der Waals surface area (Å²) in [6, 6.07) is 9.17. The minimum absolute atomic E-state index is 0.130. The van der Waals surface area contributed by atoms with Crippen LogP contribution in [-0.4, -0.2) is 28.0 Å². The number of nitrogens with zero attached hydrogens (tertiary/aromatic N) is 1. The maximum Gasteiger partial charge on any atom is 0.261 e. The zero-order valence-electron chi connectivity index (χ0n) is 14.7. The lowest BCUT2D eigenvalue weighted by Gasteiger charge is -2.45. The highest BCUT2D eigenvalue weighted by Crippen LogP contribution is 2.39. The van der Waals surface area contributed by atoms with Gasteiger partial charge in [0, 0.05) is 18.3 Å². The van der Waals surface area contributed by atoms with Crippen molar-refractivity contribution in [2.75, 3.05) is 0 Å². The molecule has 2 heterocycles. The van der Waals surface area contributed by atoms with E-state index in [0.717, 1.165) is 25.7 Å². The van der Waals surface area contributed by atoms with Gasteiger partial charge in [-0.3, -0.25) is 14.6 Å². The van der Waals surface area contributed by atoms with Gasteiger partial charge in [0.1, 0.15) is 5.56 Å². The fourth-order valence-electron chi connectivity index (χ4n) is 4.58. The van der Waals surface area contributed by atoms with Crippen LogP contribution in [0.1, 0.15) is 42.5 Å². The van der Waals surface area contributed by atoms with Crippen LogP contribution < -0.4 is 16.6 Å². The van der Waals surface area contributed by atoms with Crippen LogP contribution in [0.3, 0.4) is 0 Å². The van der Waals surface area contributed by atoms with Crippen molar-refractivity contribution >= 4 is 5.91 Å². The van der Waals surface area contributed by atoms with Crippen molar-refractivity contribution in [2.24, 2.45) is 17.6 Å². The number of rotatable bonds is 3. The van der Waals surface area contributed by atoms with Gasteiger partial charge >= 0.3 is 0 Å². The summed E-state index contributed by atoms with van der Waals surface area (Å²) in [6.45, 7) is 0. The molecule has 2 unspecified atom stereocenters. The van der Waals surface area contributed by atoms with Crippen LogP contribution in [0.15, 0.2) is 41.3 Å². The Morgan fingerprint density at radius 2 is 1.92 bits per heavy atom. The highest BCUT2D eigenvalue weighted by atomic mass is 16.2. The largest absolute Gasteiger partial charge is 0.349 e. The standard InChI is InChI=1S/C20H24N4O2/c21-14-10-12-4-3-5-13(11-14)18(12)24-20(26)15-7-8-17(23-19(15)25)16-6-1-2-9-22-16/h1-2,6-9,12-14,18H,3-5,10-11,21H2,(H,23,25)(H,24,26). The number of nitrogens with one attached hydrogen (secondary N) is 2. The monoisotopic (exact) mass is 352 g/mol. The third-order valence-corrected chi connectivity index (χ3v) is 5.77. The van der Waals surface area contributed by atoms with Gasteiger partial charge in [-0.15, -0.1) is 0 Å². The Balaban J connectivity index is 1.53. The third-order valence-electron chi connectivity index (χ3n) is 5.77. The molecule has 0 aliphatic heterocycles. The fraction of sp³-hybridized carbons (Fsp3) is 0.450. The van der Waals surface area contributed by atoms with Crippen molar-refractivity contribution in [3.8, 4) is 11.4 Å². The summed E-state index contributed by atoms with van der Waals surface area (Å²) < 4.78 is 0. The van der Waals surface area contributed by atoms with E-state index >= 15 is 0 Å². The number of carbonyl (C=O) groups is 1. The van der Waals surface area contributed by atoms with Crippen molar-refractivity contribution in [1.82, 2.24) is 15.3 Å². The molecule has 0 saturated heterocycles. The number of carbonyl (C=O) groups excluding carboxylic acids is 1. The van der Waals surface area contributed by atoms with Crippen molar-refractivity contribution in [1.29, 1.82) is 0 Å². The lowest BCUT2D eigenvalue weighted by Crippen LogP contribution is -2.54. The van der Waals surface area contributed by atoms with Crippen LogP contribution in [0.2, 0.25) is 0 Å². The number of hydrogen-bond acceptors (Lipinski definition) is 4. The van der Waals surface area contributed by atoms with Gasteiger partial charge in [0.05, 0.1) is 11.4 Å². The average Bonchev–Trinajstić information content (AvgIpc) is 2.63. The van der Waals surface area contributed by atoms with Gasteiger partial charge in [0.15, 0.2) is 0 Å². The smallest absolute Gasteiger partial charge is 0.261 e. The molecule has 1 amide bonds. The van der Waals surface area contributed by atoms with Crippen molar-refractivity contribution < 1.29 is 4.79 Å². The van der Waals surface area contributed by atoms with Crippen LogP contribution >= 0.6 is 0 Å². The predicted molar refractivity (Wildman–Crippen MR) is 99.6 cm³/mol. The molecule has 26 heavy (non-hydrogen) atoms. The van der Waals surface area contributed by atoms with E-state index in [0.29, 0.717) is 23.2 Å². The zero-order valence-corrected chi connectivity index (χ0v) is 14.7. The van der Waals surface area contributed by atoms with Gasteiger partial charge in [-0.25, -0.2) is 0 Å². The van der Waals surface area contributed by atoms with Crippen LogP contribution in [0, 0.1) is 11.8 Å². The van der Waals surface area contributed by atoms with E-state index in [9.17, 15) is 9.59 Å². The summed E-state index contributed by atoms with van der Waals surface area (Å²) >= 11 is 0. The van der Waals surface area contributed by atoms with Gasteiger partial charge in [-0.1, -0.05) is 12.5 Å². The van der Waals surface area contributed by atoms with E-state index in [2.05, 4.69) is 15.3 Å². The molecule has 2 aliphatic carbocycles. The predicted octanol–water partition coefficient (Wildman–Crippen LogP) is 2.07. The zero-order chi connectivity index (χ0) is 18.1. The Labute approximate surface area is 152 Å². The molecule has 0 aromatic carbocycles. The fourth-order valence-corrected chi connectivity index (χ4v) is 4.58. The molecular formula is C20H24N4O2. The Kier molecular flexibility index (Phi) is 4.59. The molecule has 2 fully saturated rings. The molecule has 6 heteroatoms. The molecule has 136 valence electrons. The Morgan fingerprint density at radius 3 is 2.58 bits per heavy atom. The molecule has 2 atom stereocenters. The number of H-pyrrole nitrogens is 1. The maximum atomic E-state index is 12.7. The van der Waals surface area contributed by atoms with Gasteiger partial charge < -0.3 is 16.0 Å². The molecule has 2 aromatic rings. The molecular weight excluding hydrogens is 328 g/mol. The lowest BCUT2D eigenvalue weighted by atomic mass is 9.67. The summed E-state index contributed by atoms with van der Waals surface area (Å²) in [7, 11) is 0. The quantitative estimate of drug-likeness (QED) is 0.787. The van der Waals surface area contributed by atoms with Crippen LogP contribution in [0.4, 0.5) is 0 Å². The van der Waals surface area contributed by atoms with Gasteiger partial charge in [0.2, 0.25) is 0 Å². The number of nitrogens with two attached hydrogens (primary N) is 1. The summed E-state index contributed by atoms with van der Waals surface area (Å²) in [5.74, 6) is 0.554. The topological polar surface area (TPSA) is 101 Å². The van der Waals surface area contributed by atoms with Crippen molar-refractivity contribution in [3.05, 3.63) is 52.4 Å². The first-order chi connectivity index (χ1) is 12.6. The second kappa shape index (κ2) is 7.03. The van der Waals surface area contributed by atoms with Gasteiger partial charge in [0.25, 0.3) is 11.5 Å². The van der Waals surface area contributed by atoms with E-state index in [1.807, 2.05) is 18.2 Å². The summed E-state index contributed by atoms with van der Waals surface area (Å²) in [6.07, 6.45) is 6.98. The summed E-state index contributed by atoms with van der Waals surface area (Å²) in [5, 5.41) is 3.13. The first-order valence-corrected chi connectivity index (χ1v) is 9.33. The second-order valence-electron chi connectivity index (χ2n) is 7.51. The van der Waals surface area contributed by atoms with Crippen LogP contribution in [-0.2, 0) is 0 Å². The Morgan fingerprint density at radius 1 is 1.15 bits per heavy atom. The number of aromatic nitrogens is 2. The van der Waals surface area contributed by atoms with Crippen molar-refractivity contribution in [2.45, 2.75) is 44.2 Å². The molecule has 0 radical (unpaired) electrons.